The van der Waals surface area contributed by atoms with Crippen molar-refractivity contribution in [1.82, 2.24) is 10.4 Å². The Labute approximate surface area is 113 Å². The minimum absolute atomic E-state index is 0.0580. The maximum Gasteiger partial charge on any atom is 0.272 e. The molecule has 0 saturated heterocycles. The van der Waals surface area contributed by atoms with Gasteiger partial charge in [-0.05, 0) is 24.6 Å². The number of amides is 1. The van der Waals surface area contributed by atoms with E-state index in [2.05, 4.69) is 5.43 Å². The van der Waals surface area contributed by atoms with Gasteiger partial charge in [0.15, 0.2) is 18.1 Å². The number of hydrogen-bond donors (Lipinski definition) is 1. The van der Waals surface area contributed by atoms with Crippen molar-refractivity contribution in [1.29, 1.82) is 0 Å². The van der Waals surface area contributed by atoms with Gasteiger partial charge in [0.05, 0.1) is 7.11 Å². The molecule has 0 atom stereocenters. The topological polar surface area (TPSA) is 50.8 Å². The van der Waals surface area contributed by atoms with Gasteiger partial charge in [0, 0.05) is 14.1 Å². The van der Waals surface area contributed by atoms with Gasteiger partial charge in [0.25, 0.3) is 5.91 Å². The summed E-state index contributed by atoms with van der Waals surface area (Å²) in [4.78, 5) is 11.5. The monoisotopic (exact) mass is 264 g/mol. The number of rotatable bonds is 6. The maximum atomic E-state index is 11.5. The summed E-state index contributed by atoms with van der Waals surface area (Å²) in [6.45, 7) is 1.89. The van der Waals surface area contributed by atoms with Crippen molar-refractivity contribution in [3.8, 4) is 11.5 Å². The zero-order valence-electron chi connectivity index (χ0n) is 11.8. The van der Waals surface area contributed by atoms with Crippen molar-refractivity contribution >= 4 is 12.0 Å². The molecule has 5 nitrogen and oxygen atoms in total. The number of hydrogen-bond acceptors (Lipinski definition) is 4. The van der Waals surface area contributed by atoms with Crippen molar-refractivity contribution in [2.24, 2.45) is 0 Å². The Kier molecular flexibility index (Phi) is 5.89. The van der Waals surface area contributed by atoms with E-state index in [9.17, 15) is 4.79 Å². The number of methoxy groups -OCH3 is 1. The van der Waals surface area contributed by atoms with E-state index in [4.69, 9.17) is 9.47 Å². The quantitative estimate of drug-likeness (QED) is 0.795. The van der Waals surface area contributed by atoms with Crippen molar-refractivity contribution in [3.63, 3.8) is 0 Å². The number of hydrazine groups is 1. The van der Waals surface area contributed by atoms with E-state index in [-0.39, 0.29) is 12.5 Å². The van der Waals surface area contributed by atoms with E-state index in [1.54, 1.807) is 32.3 Å². The van der Waals surface area contributed by atoms with Crippen LogP contribution in [0.5, 0.6) is 11.5 Å². The lowest BCUT2D eigenvalue weighted by molar-refractivity contribution is -0.126. The molecule has 0 aliphatic heterocycles. The molecule has 0 aromatic heterocycles. The van der Waals surface area contributed by atoms with Gasteiger partial charge in [0.2, 0.25) is 0 Å². The van der Waals surface area contributed by atoms with Gasteiger partial charge in [-0.2, -0.15) is 0 Å². The molecule has 0 saturated carbocycles. The Morgan fingerprint density at radius 3 is 2.68 bits per heavy atom. The number of nitrogens with one attached hydrogen (secondary N) is 1. The van der Waals surface area contributed by atoms with Gasteiger partial charge in [-0.15, -0.1) is 0 Å². The second-order valence-corrected chi connectivity index (χ2v) is 4.13. The van der Waals surface area contributed by atoms with Crippen LogP contribution in [0, 0.1) is 0 Å². The number of benzene rings is 1. The zero-order valence-corrected chi connectivity index (χ0v) is 11.8. The van der Waals surface area contributed by atoms with Crippen LogP contribution in [-0.4, -0.2) is 38.7 Å². The Bertz CT molecular complexity index is 456. The number of allylic oxidation sites excluding steroid dienone is 1. The fourth-order valence-electron chi connectivity index (χ4n) is 1.52. The molecule has 1 amide bonds. The molecule has 0 heterocycles. The van der Waals surface area contributed by atoms with Crippen molar-refractivity contribution in [3.05, 3.63) is 29.8 Å². The molecular weight excluding hydrogens is 244 g/mol. The number of ether oxygens (including phenoxy) is 2. The predicted molar refractivity (Wildman–Crippen MR) is 75.0 cm³/mol. The van der Waals surface area contributed by atoms with Gasteiger partial charge >= 0.3 is 0 Å². The van der Waals surface area contributed by atoms with Crippen LogP contribution in [0.25, 0.3) is 6.08 Å². The maximum absolute atomic E-state index is 11.5. The van der Waals surface area contributed by atoms with Crippen LogP contribution in [0.4, 0.5) is 0 Å². The third-order valence-corrected chi connectivity index (χ3v) is 2.25. The highest BCUT2D eigenvalue weighted by Gasteiger charge is 2.08. The van der Waals surface area contributed by atoms with Crippen LogP contribution in [0.15, 0.2) is 24.3 Å². The predicted octanol–water partition coefficient (Wildman–Crippen LogP) is 1.70. The van der Waals surface area contributed by atoms with Crippen LogP contribution in [0.3, 0.4) is 0 Å². The highest BCUT2D eigenvalue weighted by Crippen LogP contribution is 2.28. The highest BCUT2D eigenvalue weighted by molar-refractivity contribution is 5.77. The van der Waals surface area contributed by atoms with Crippen LogP contribution in [-0.2, 0) is 4.79 Å². The van der Waals surface area contributed by atoms with Crippen LogP contribution in [0.2, 0.25) is 0 Å². The molecule has 0 radical (unpaired) electrons. The average molecular weight is 264 g/mol. The summed E-state index contributed by atoms with van der Waals surface area (Å²) in [6, 6.07) is 5.55. The number of carbonyl (C=O) groups excluding carboxylic acids is 1. The molecule has 0 spiro atoms. The van der Waals surface area contributed by atoms with Crippen LogP contribution in [0.1, 0.15) is 12.5 Å². The minimum atomic E-state index is -0.218. The number of carbonyl (C=O) groups is 1. The third kappa shape index (κ3) is 5.01. The van der Waals surface area contributed by atoms with Gasteiger partial charge in [-0.25, -0.2) is 5.01 Å². The molecule has 0 fully saturated rings. The molecule has 1 aromatic rings. The summed E-state index contributed by atoms with van der Waals surface area (Å²) in [5, 5.41) is 1.57. The summed E-state index contributed by atoms with van der Waals surface area (Å²) in [5.41, 5.74) is 3.62. The first-order valence-corrected chi connectivity index (χ1v) is 5.97. The first-order valence-electron chi connectivity index (χ1n) is 5.97. The molecular formula is C14H20N2O3. The third-order valence-electron chi connectivity index (χ3n) is 2.25. The SMILES string of the molecule is C/C=C/c1ccc(OCC(=O)NN(C)C)c(OC)c1. The highest BCUT2D eigenvalue weighted by atomic mass is 16.5. The van der Waals surface area contributed by atoms with Crippen LogP contribution < -0.4 is 14.9 Å². The van der Waals surface area contributed by atoms with Gasteiger partial charge in [0.1, 0.15) is 0 Å². The molecule has 1 rings (SSSR count). The lowest BCUT2D eigenvalue weighted by Crippen LogP contribution is -2.39. The van der Waals surface area contributed by atoms with Crippen molar-refractivity contribution in [2.75, 3.05) is 27.8 Å². The summed E-state index contributed by atoms with van der Waals surface area (Å²) >= 11 is 0. The van der Waals surface area contributed by atoms with E-state index in [1.165, 1.54) is 0 Å². The van der Waals surface area contributed by atoms with Crippen molar-refractivity contribution < 1.29 is 14.3 Å². The molecule has 0 aliphatic rings. The zero-order chi connectivity index (χ0) is 14.3. The fourth-order valence-corrected chi connectivity index (χ4v) is 1.52. The average Bonchev–Trinajstić information content (AvgIpc) is 2.36. The second kappa shape index (κ2) is 7.43. The Morgan fingerprint density at radius 1 is 1.37 bits per heavy atom. The van der Waals surface area contributed by atoms with Gasteiger partial charge < -0.3 is 9.47 Å². The van der Waals surface area contributed by atoms with E-state index in [0.717, 1.165) is 5.56 Å². The molecule has 1 N–H and O–H groups in total. The smallest absolute Gasteiger partial charge is 0.272 e. The molecule has 0 bridgehead atoms. The van der Waals surface area contributed by atoms with Crippen molar-refractivity contribution in [2.45, 2.75) is 6.92 Å². The van der Waals surface area contributed by atoms with E-state index >= 15 is 0 Å². The molecule has 19 heavy (non-hydrogen) atoms. The van der Waals surface area contributed by atoms with Crippen LogP contribution >= 0.6 is 0 Å². The molecule has 0 unspecified atom stereocenters. The normalized spacial score (nSPS) is 10.8. The largest absolute Gasteiger partial charge is 0.493 e. The first-order chi connectivity index (χ1) is 9.06. The Balaban J connectivity index is 2.70. The second-order valence-electron chi connectivity index (χ2n) is 4.13. The minimum Gasteiger partial charge on any atom is -0.493 e. The van der Waals surface area contributed by atoms with E-state index in [1.807, 2.05) is 31.2 Å². The summed E-state index contributed by atoms with van der Waals surface area (Å²) in [7, 11) is 5.05. The number of nitrogens with zero attached hydrogens (tertiary/aromatic N) is 1. The molecule has 1 aromatic carbocycles. The molecule has 5 heteroatoms. The summed E-state index contributed by atoms with van der Waals surface area (Å²) in [6.07, 6.45) is 3.91. The molecule has 104 valence electrons. The fraction of sp³-hybridized carbons (Fsp3) is 0.357. The standard InChI is InChI=1S/C14H20N2O3/c1-5-6-11-7-8-12(13(9-11)18-4)19-10-14(17)15-16(2)3/h5-9H,10H2,1-4H3,(H,15,17)/b6-5+. The van der Waals surface area contributed by atoms with Gasteiger partial charge in [-0.3, -0.25) is 10.2 Å². The first kappa shape index (κ1) is 15.0. The Hall–Kier alpha value is -2.01. The van der Waals surface area contributed by atoms with Gasteiger partial charge in [-0.1, -0.05) is 18.2 Å². The van der Waals surface area contributed by atoms with E-state index < -0.39 is 0 Å². The molecule has 0 aliphatic carbocycles. The van der Waals surface area contributed by atoms with E-state index in [0.29, 0.717) is 11.5 Å². The summed E-state index contributed by atoms with van der Waals surface area (Å²) < 4.78 is 10.7. The lowest BCUT2D eigenvalue weighted by Gasteiger charge is -2.14. The summed E-state index contributed by atoms with van der Waals surface area (Å²) in [5.74, 6) is 0.933. The Morgan fingerprint density at radius 2 is 2.11 bits per heavy atom. The lowest BCUT2D eigenvalue weighted by atomic mass is 10.2.